The van der Waals surface area contributed by atoms with E-state index in [0.717, 1.165) is 44.9 Å². The highest BCUT2D eigenvalue weighted by molar-refractivity contribution is 9.10. The second kappa shape index (κ2) is 14.8. The fourth-order valence-corrected chi connectivity index (χ4v) is 7.35. The molecule has 3 aromatic rings. The van der Waals surface area contributed by atoms with Crippen LogP contribution in [0.4, 0.5) is 0 Å². The van der Waals surface area contributed by atoms with Crippen molar-refractivity contribution < 1.29 is 19.4 Å². The van der Waals surface area contributed by atoms with Gasteiger partial charge in [0.2, 0.25) is 5.91 Å². The predicted molar refractivity (Wildman–Crippen MR) is 190 cm³/mol. The maximum Gasteiger partial charge on any atom is 0.242 e. The lowest BCUT2D eigenvalue weighted by molar-refractivity contribution is -0.127. The van der Waals surface area contributed by atoms with Crippen LogP contribution in [0.25, 0.3) is 0 Å². The average molecular weight is 743 g/mol. The van der Waals surface area contributed by atoms with E-state index in [-0.39, 0.29) is 12.3 Å². The van der Waals surface area contributed by atoms with Crippen LogP contribution in [0.1, 0.15) is 99.7 Å². The van der Waals surface area contributed by atoms with Crippen LogP contribution >= 0.6 is 31.9 Å². The van der Waals surface area contributed by atoms with Crippen molar-refractivity contribution in [2.24, 2.45) is 5.10 Å². The summed E-state index contributed by atoms with van der Waals surface area (Å²) in [6, 6.07) is 5.68. The fourth-order valence-electron chi connectivity index (χ4n) is 6.16. The molecule has 6 nitrogen and oxygen atoms in total. The highest BCUT2D eigenvalue weighted by Gasteiger charge is 2.31. The minimum atomic E-state index is -0.930. The smallest absolute Gasteiger partial charge is 0.242 e. The first-order valence-corrected chi connectivity index (χ1v) is 17.3. The number of benzene rings is 3. The normalized spacial score (nSPS) is 14.6. The zero-order valence-corrected chi connectivity index (χ0v) is 31.0. The number of halogens is 2. The van der Waals surface area contributed by atoms with Gasteiger partial charge in [-0.05, 0) is 148 Å². The van der Waals surface area contributed by atoms with Gasteiger partial charge in [-0.15, -0.1) is 0 Å². The Labute approximate surface area is 285 Å². The summed E-state index contributed by atoms with van der Waals surface area (Å²) < 4.78 is 15.2. The quantitative estimate of drug-likeness (QED) is 0.160. The minimum absolute atomic E-state index is 0.0596. The first-order valence-electron chi connectivity index (χ1n) is 15.7. The number of amides is 1. The van der Waals surface area contributed by atoms with E-state index in [1.807, 2.05) is 18.2 Å². The molecule has 1 saturated carbocycles. The summed E-state index contributed by atoms with van der Waals surface area (Å²) in [5.74, 6) is 0.943. The number of hydrogen-bond donors (Lipinski definition) is 2. The molecule has 0 aromatic heterocycles. The van der Waals surface area contributed by atoms with Crippen LogP contribution in [0, 0.1) is 55.4 Å². The van der Waals surface area contributed by atoms with Crippen LogP contribution in [0.5, 0.6) is 11.5 Å². The molecule has 1 aliphatic carbocycles. The van der Waals surface area contributed by atoms with Crippen molar-refractivity contribution in [1.82, 2.24) is 5.43 Å². The molecule has 1 aliphatic rings. The van der Waals surface area contributed by atoms with Crippen molar-refractivity contribution in [1.29, 1.82) is 0 Å². The molecule has 242 valence electrons. The van der Waals surface area contributed by atoms with Crippen LogP contribution in [0.15, 0.2) is 32.2 Å². The van der Waals surface area contributed by atoms with Crippen molar-refractivity contribution in [3.8, 4) is 11.5 Å². The summed E-state index contributed by atoms with van der Waals surface area (Å²) in [4.78, 5) is 12.5. The predicted octanol–water partition coefficient (Wildman–Crippen LogP) is 9.37. The first-order chi connectivity index (χ1) is 21.2. The van der Waals surface area contributed by atoms with Gasteiger partial charge < -0.3 is 14.6 Å². The van der Waals surface area contributed by atoms with Crippen molar-refractivity contribution in [2.75, 3.05) is 0 Å². The van der Waals surface area contributed by atoms with Crippen molar-refractivity contribution in [3.05, 3.63) is 88.3 Å². The molecule has 4 rings (SSSR count). The van der Waals surface area contributed by atoms with Gasteiger partial charge in [-0.2, -0.15) is 5.10 Å². The summed E-state index contributed by atoms with van der Waals surface area (Å²) in [6.07, 6.45) is 5.96. The van der Waals surface area contributed by atoms with Gasteiger partial charge in [0.25, 0.3) is 0 Å². The number of aliphatic hydroxyl groups is 1. The number of nitrogens with zero attached hydrogens (tertiary/aromatic N) is 1. The van der Waals surface area contributed by atoms with Gasteiger partial charge in [0.15, 0.2) is 11.5 Å². The molecule has 2 N–H and O–H groups in total. The molecule has 0 unspecified atom stereocenters. The van der Waals surface area contributed by atoms with Crippen molar-refractivity contribution in [3.63, 3.8) is 0 Å². The van der Waals surface area contributed by atoms with Gasteiger partial charge in [0, 0.05) is 8.95 Å². The molecule has 8 heteroatoms. The Morgan fingerprint density at radius 1 is 0.778 bits per heavy atom. The molecule has 1 fully saturated rings. The largest absolute Gasteiger partial charge is 0.485 e. The standard InChI is InChI=1S/C37H46Br2N2O4/c1-21-25(5)35(38)26(6)22(2)30(21)19-44-32-13-12-29(18-40-41-34(42)17-37(43)14-10-9-11-15-37)16-33(32)45-20-31-23(3)27(7)36(39)28(8)24(31)4/h12-13,16,18,43H,9-11,14-15,17,19-20H2,1-8H3,(H,41,42)/b40-18+. The third-order valence-corrected chi connectivity index (χ3v) is 12.1. The van der Waals surface area contributed by atoms with Gasteiger partial charge in [0.05, 0.1) is 18.2 Å². The lowest BCUT2D eigenvalue weighted by atomic mass is 9.82. The Morgan fingerprint density at radius 2 is 1.24 bits per heavy atom. The van der Waals surface area contributed by atoms with Gasteiger partial charge in [-0.1, -0.05) is 51.1 Å². The molecule has 0 radical (unpaired) electrons. The maximum atomic E-state index is 12.5. The summed E-state index contributed by atoms with van der Waals surface area (Å²) in [5.41, 5.74) is 14.4. The SMILES string of the molecule is Cc1c(C)c(COc2ccc(/C=N/NC(=O)CC3(O)CCCCC3)cc2OCc2c(C)c(C)c(Br)c(C)c2C)c(C)c(C)c1Br. The molecule has 45 heavy (non-hydrogen) atoms. The first kappa shape index (κ1) is 35.2. The van der Waals surface area contributed by atoms with Gasteiger partial charge >= 0.3 is 0 Å². The van der Waals surface area contributed by atoms with E-state index < -0.39 is 5.60 Å². The van der Waals surface area contributed by atoms with E-state index in [1.165, 1.54) is 44.5 Å². The van der Waals surface area contributed by atoms with Crippen LogP contribution in [-0.2, 0) is 18.0 Å². The third kappa shape index (κ3) is 8.01. The van der Waals surface area contributed by atoms with E-state index in [4.69, 9.17) is 9.47 Å². The number of carbonyl (C=O) groups excluding carboxylic acids is 1. The molecular weight excluding hydrogens is 696 g/mol. The molecule has 0 spiro atoms. The van der Waals surface area contributed by atoms with Crippen LogP contribution < -0.4 is 14.9 Å². The Bertz CT molecular complexity index is 1570. The molecule has 3 aromatic carbocycles. The highest BCUT2D eigenvalue weighted by atomic mass is 79.9. The van der Waals surface area contributed by atoms with E-state index in [2.05, 4.69) is 97.8 Å². The average Bonchev–Trinajstić information content (AvgIpc) is 3.01. The van der Waals surface area contributed by atoms with Crippen molar-refractivity contribution >= 4 is 44.0 Å². The molecule has 1 amide bonds. The number of rotatable bonds is 10. The molecule has 0 atom stereocenters. The van der Waals surface area contributed by atoms with E-state index >= 15 is 0 Å². The number of ether oxygens (including phenoxy) is 2. The molecular formula is C37H46Br2N2O4. The van der Waals surface area contributed by atoms with Gasteiger partial charge in [-0.25, -0.2) is 5.43 Å². The molecule has 0 aliphatic heterocycles. The fraction of sp³-hybridized carbons (Fsp3) is 0.459. The second-order valence-electron chi connectivity index (χ2n) is 12.6. The Kier molecular flexibility index (Phi) is 11.6. The minimum Gasteiger partial charge on any atom is -0.485 e. The van der Waals surface area contributed by atoms with Gasteiger partial charge in [0.1, 0.15) is 13.2 Å². The molecule has 0 bridgehead atoms. The third-order valence-electron chi connectivity index (χ3n) is 9.77. The molecule has 0 heterocycles. The summed E-state index contributed by atoms with van der Waals surface area (Å²) in [7, 11) is 0. The zero-order valence-electron chi connectivity index (χ0n) is 27.8. The van der Waals surface area contributed by atoms with E-state index in [1.54, 1.807) is 6.21 Å². The summed E-state index contributed by atoms with van der Waals surface area (Å²) in [6.45, 7) is 17.8. The lowest BCUT2D eigenvalue weighted by Gasteiger charge is -2.31. The zero-order chi connectivity index (χ0) is 33.1. The number of carbonyl (C=O) groups is 1. The lowest BCUT2D eigenvalue weighted by Crippen LogP contribution is -2.37. The summed E-state index contributed by atoms with van der Waals surface area (Å²) >= 11 is 7.48. The van der Waals surface area contributed by atoms with E-state index in [0.29, 0.717) is 37.6 Å². The Morgan fingerprint density at radius 3 is 1.73 bits per heavy atom. The van der Waals surface area contributed by atoms with Crippen LogP contribution in [0.2, 0.25) is 0 Å². The van der Waals surface area contributed by atoms with Crippen molar-refractivity contribution in [2.45, 2.75) is 113 Å². The number of nitrogens with one attached hydrogen (secondary N) is 1. The monoisotopic (exact) mass is 740 g/mol. The van der Waals surface area contributed by atoms with Crippen LogP contribution in [-0.4, -0.2) is 22.8 Å². The maximum absolute atomic E-state index is 12.5. The molecule has 0 saturated heterocycles. The Hall–Kier alpha value is -2.68. The van der Waals surface area contributed by atoms with E-state index in [9.17, 15) is 9.90 Å². The second-order valence-corrected chi connectivity index (χ2v) is 14.2. The summed E-state index contributed by atoms with van der Waals surface area (Å²) in [5, 5.41) is 14.9. The Balaban J connectivity index is 1.59. The van der Waals surface area contributed by atoms with Gasteiger partial charge in [-0.3, -0.25) is 4.79 Å². The van der Waals surface area contributed by atoms with Crippen LogP contribution in [0.3, 0.4) is 0 Å². The number of hydrazone groups is 1. The topological polar surface area (TPSA) is 80.2 Å². The number of hydrogen-bond acceptors (Lipinski definition) is 5. The highest BCUT2D eigenvalue weighted by Crippen LogP contribution is 2.36.